The van der Waals surface area contributed by atoms with Gasteiger partial charge in [0, 0.05) is 12.6 Å². The lowest BCUT2D eigenvalue weighted by Gasteiger charge is -2.24. The fraction of sp³-hybridized carbons (Fsp3) is 0.263. The van der Waals surface area contributed by atoms with E-state index in [0.29, 0.717) is 5.56 Å². The molecular weight excluding hydrogens is 319 g/mol. The van der Waals surface area contributed by atoms with Gasteiger partial charge in [-0.15, -0.1) is 0 Å². The Balaban J connectivity index is 1.80. The first-order chi connectivity index (χ1) is 12.0. The minimum absolute atomic E-state index is 0.262. The van der Waals surface area contributed by atoms with Gasteiger partial charge in [-0.2, -0.15) is 0 Å². The summed E-state index contributed by atoms with van der Waals surface area (Å²) in [7, 11) is 5.43. The van der Waals surface area contributed by atoms with Crippen molar-refractivity contribution < 1.29 is 9.18 Å². The number of carbonyl (C=O) groups is 1. The lowest BCUT2D eigenvalue weighted by atomic mass is 10.0. The minimum atomic E-state index is -0.698. The van der Waals surface area contributed by atoms with Crippen LogP contribution in [-0.2, 0) is 18.4 Å². The van der Waals surface area contributed by atoms with Gasteiger partial charge in [0.05, 0.1) is 17.6 Å². The number of carbonyl (C=O) groups excluding carboxylic acids is 1. The smallest absolute Gasteiger partial charge is 0.242 e. The van der Waals surface area contributed by atoms with Crippen molar-refractivity contribution in [2.24, 2.45) is 7.05 Å². The normalized spacial score (nSPS) is 12.5. The molecular formula is C19H21FN4O. The lowest BCUT2D eigenvalue weighted by Crippen LogP contribution is -2.37. The average molecular weight is 340 g/mol. The summed E-state index contributed by atoms with van der Waals surface area (Å²) in [4.78, 5) is 18.9. The number of likely N-dealkylation sites (N-methyl/N-ethyl adjacent to an activating group) is 1. The Bertz CT molecular complexity index is 903. The van der Waals surface area contributed by atoms with Crippen LogP contribution in [0.15, 0.2) is 48.5 Å². The molecule has 6 heteroatoms. The van der Waals surface area contributed by atoms with Gasteiger partial charge in [-0.05, 0) is 32.3 Å². The molecule has 25 heavy (non-hydrogen) atoms. The molecule has 1 aromatic heterocycles. The molecule has 0 fully saturated rings. The zero-order chi connectivity index (χ0) is 18.0. The van der Waals surface area contributed by atoms with Crippen molar-refractivity contribution in [1.29, 1.82) is 0 Å². The standard InChI is InChI=1S/C19H21FN4O/c1-23(2)18(13-8-4-5-9-14(13)20)19(25)21-12-17-22-15-10-6-7-11-16(15)24(17)3/h4-11,18H,12H2,1-3H3,(H,21,25). The molecule has 1 amide bonds. The summed E-state index contributed by atoms with van der Waals surface area (Å²) >= 11 is 0. The molecule has 0 bridgehead atoms. The summed E-state index contributed by atoms with van der Waals surface area (Å²) in [6.45, 7) is 0.281. The van der Waals surface area contributed by atoms with Crippen LogP contribution in [-0.4, -0.2) is 34.5 Å². The first kappa shape index (κ1) is 17.1. The van der Waals surface area contributed by atoms with Crippen molar-refractivity contribution >= 4 is 16.9 Å². The van der Waals surface area contributed by atoms with Crippen LogP contribution in [0.3, 0.4) is 0 Å². The molecule has 0 aliphatic heterocycles. The first-order valence-electron chi connectivity index (χ1n) is 8.08. The summed E-state index contributed by atoms with van der Waals surface area (Å²) in [6.07, 6.45) is 0. The highest BCUT2D eigenvalue weighted by atomic mass is 19.1. The molecule has 1 heterocycles. The Morgan fingerprint density at radius 2 is 1.88 bits per heavy atom. The van der Waals surface area contributed by atoms with E-state index in [0.717, 1.165) is 16.9 Å². The van der Waals surface area contributed by atoms with Crippen molar-refractivity contribution in [3.05, 3.63) is 65.7 Å². The van der Waals surface area contributed by atoms with E-state index in [4.69, 9.17) is 0 Å². The summed E-state index contributed by atoms with van der Waals surface area (Å²) in [5.41, 5.74) is 2.24. The van der Waals surface area contributed by atoms with E-state index in [-0.39, 0.29) is 18.3 Å². The Labute approximate surface area is 146 Å². The quantitative estimate of drug-likeness (QED) is 0.777. The zero-order valence-corrected chi connectivity index (χ0v) is 14.5. The highest BCUT2D eigenvalue weighted by Gasteiger charge is 2.25. The van der Waals surface area contributed by atoms with E-state index >= 15 is 0 Å². The van der Waals surface area contributed by atoms with Gasteiger partial charge >= 0.3 is 0 Å². The Hall–Kier alpha value is -2.73. The second-order valence-corrected chi connectivity index (χ2v) is 6.18. The van der Waals surface area contributed by atoms with E-state index < -0.39 is 6.04 Å². The zero-order valence-electron chi connectivity index (χ0n) is 14.5. The van der Waals surface area contributed by atoms with Crippen LogP contribution in [0.4, 0.5) is 4.39 Å². The summed E-state index contributed by atoms with van der Waals surface area (Å²) in [5, 5.41) is 2.88. The molecule has 1 unspecified atom stereocenters. The van der Waals surface area contributed by atoms with Crippen LogP contribution in [0.2, 0.25) is 0 Å². The van der Waals surface area contributed by atoms with Gasteiger partial charge in [-0.25, -0.2) is 9.37 Å². The average Bonchev–Trinajstić information content (AvgIpc) is 2.91. The number of nitrogens with one attached hydrogen (secondary N) is 1. The predicted molar refractivity (Wildman–Crippen MR) is 95.4 cm³/mol. The molecule has 0 aliphatic rings. The van der Waals surface area contributed by atoms with Gasteiger partial charge in [0.2, 0.25) is 5.91 Å². The predicted octanol–water partition coefficient (Wildman–Crippen LogP) is 2.63. The van der Waals surface area contributed by atoms with Gasteiger partial charge in [0.25, 0.3) is 0 Å². The van der Waals surface area contributed by atoms with Gasteiger partial charge in [0.15, 0.2) is 0 Å². The maximum absolute atomic E-state index is 14.1. The molecule has 0 saturated carbocycles. The van der Waals surface area contributed by atoms with E-state index in [1.165, 1.54) is 6.07 Å². The van der Waals surface area contributed by atoms with Crippen LogP contribution in [0.1, 0.15) is 17.4 Å². The van der Waals surface area contributed by atoms with Crippen molar-refractivity contribution in [3.8, 4) is 0 Å². The van der Waals surface area contributed by atoms with Crippen molar-refractivity contribution in [2.45, 2.75) is 12.6 Å². The summed E-state index contributed by atoms with van der Waals surface area (Å²) in [5.74, 6) is 0.0989. The number of hydrogen-bond donors (Lipinski definition) is 1. The van der Waals surface area contributed by atoms with E-state index in [2.05, 4.69) is 10.3 Å². The Kier molecular flexibility index (Phi) is 4.81. The number of rotatable bonds is 5. The highest BCUT2D eigenvalue weighted by molar-refractivity contribution is 5.83. The van der Waals surface area contributed by atoms with Crippen molar-refractivity contribution in [3.63, 3.8) is 0 Å². The minimum Gasteiger partial charge on any atom is -0.347 e. The number of hydrogen-bond acceptors (Lipinski definition) is 3. The molecule has 3 aromatic rings. The van der Waals surface area contributed by atoms with Crippen LogP contribution >= 0.6 is 0 Å². The van der Waals surface area contributed by atoms with Crippen LogP contribution in [0.5, 0.6) is 0 Å². The third kappa shape index (κ3) is 3.39. The number of imidazole rings is 1. The number of halogens is 1. The van der Waals surface area contributed by atoms with Crippen LogP contribution < -0.4 is 5.32 Å². The van der Waals surface area contributed by atoms with Crippen molar-refractivity contribution in [1.82, 2.24) is 19.8 Å². The second-order valence-electron chi connectivity index (χ2n) is 6.18. The van der Waals surface area contributed by atoms with Gasteiger partial charge in [-0.3, -0.25) is 9.69 Å². The van der Waals surface area contributed by atoms with Crippen LogP contribution in [0, 0.1) is 5.82 Å². The number of amides is 1. The van der Waals surface area contributed by atoms with Gasteiger partial charge < -0.3 is 9.88 Å². The SMILES string of the molecule is CN(C)C(C(=O)NCc1nc2ccccc2n1C)c1ccccc1F. The molecule has 0 radical (unpaired) electrons. The molecule has 1 atom stereocenters. The van der Waals surface area contributed by atoms with E-state index in [9.17, 15) is 9.18 Å². The number of nitrogens with zero attached hydrogens (tertiary/aromatic N) is 3. The van der Waals surface area contributed by atoms with E-state index in [1.54, 1.807) is 37.2 Å². The maximum atomic E-state index is 14.1. The number of aromatic nitrogens is 2. The Morgan fingerprint density at radius 3 is 2.56 bits per heavy atom. The van der Waals surface area contributed by atoms with Crippen molar-refractivity contribution in [2.75, 3.05) is 14.1 Å². The molecule has 1 N–H and O–H groups in total. The molecule has 3 rings (SSSR count). The number of benzene rings is 2. The van der Waals surface area contributed by atoms with E-state index in [1.807, 2.05) is 35.9 Å². The monoisotopic (exact) mass is 340 g/mol. The fourth-order valence-corrected chi connectivity index (χ4v) is 2.97. The molecule has 2 aromatic carbocycles. The highest BCUT2D eigenvalue weighted by Crippen LogP contribution is 2.22. The number of para-hydroxylation sites is 2. The third-order valence-corrected chi connectivity index (χ3v) is 4.27. The van der Waals surface area contributed by atoms with Gasteiger partial charge in [0.1, 0.15) is 17.7 Å². The molecule has 5 nitrogen and oxygen atoms in total. The molecule has 130 valence electrons. The first-order valence-corrected chi connectivity index (χ1v) is 8.08. The third-order valence-electron chi connectivity index (χ3n) is 4.27. The fourth-order valence-electron chi connectivity index (χ4n) is 2.97. The molecule has 0 saturated heterocycles. The number of fused-ring (bicyclic) bond motifs is 1. The summed E-state index contributed by atoms with van der Waals surface area (Å²) in [6, 6.07) is 13.4. The molecule has 0 spiro atoms. The molecule has 0 aliphatic carbocycles. The lowest BCUT2D eigenvalue weighted by molar-refractivity contribution is -0.126. The van der Waals surface area contributed by atoms with Crippen LogP contribution in [0.25, 0.3) is 11.0 Å². The summed E-state index contributed by atoms with van der Waals surface area (Å²) < 4.78 is 16.1. The largest absolute Gasteiger partial charge is 0.347 e. The maximum Gasteiger partial charge on any atom is 0.242 e. The Morgan fingerprint density at radius 1 is 1.20 bits per heavy atom. The second kappa shape index (κ2) is 7.03. The van der Waals surface area contributed by atoms with Gasteiger partial charge in [-0.1, -0.05) is 30.3 Å². The topological polar surface area (TPSA) is 50.2 Å². The number of aryl methyl sites for hydroxylation is 1.